The number of amides is 1. The number of alkyl halides is 3. The van der Waals surface area contributed by atoms with E-state index >= 15 is 0 Å². The molecule has 1 fully saturated rings. The summed E-state index contributed by atoms with van der Waals surface area (Å²) in [6, 6.07) is 5.35. The van der Waals surface area contributed by atoms with Crippen molar-refractivity contribution >= 4 is 5.91 Å². The third kappa shape index (κ3) is 5.04. The number of rotatable bonds is 5. The first-order valence-electron chi connectivity index (χ1n) is 9.67. The number of halogens is 3. The number of nitrogens with one attached hydrogen (secondary N) is 1. The standard InChI is InChI=1S/C20H18F3N5O5/c1-27-8-12(7-24-27)28-19(31)14(18(30)25-16-9-32-10-17(16)29)6-15(26-28)11-2-4-13(5-3-11)33-20(21,22)23/h2-8,16-17,29H,9-10H2,1H3,(H,25,30)/t16-,17-/m0/s1. The molecule has 0 aliphatic carbocycles. The van der Waals surface area contributed by atoms with Crippen LogP contribution in [0.1, 0.15) is 10.4 Å². The molecule has 2 aromatic heterocycles. The van der Waals surface area contributed by atoms with Gasteiger partial charge in [-0.15, -0.1) is 13.2 Å². The van der Waals surface area contributed by atoms with Crippen molar-refractivity contribution in [1.29, 1.82) is 0 Å². The lowest BCUT2D eigenvalue weighted by Gasteiger charge is -2.15. The Hall–Kier alpha value is -3.71. The summed E-state index contributed by atoms with van der Waals surface area (Å²) >= 11 is 0. The summed E-state index contributed by atoms with van der Waals surface area (Å²) in [6.07, 6.45) is -2.88. The number of hydrogen-bond acceptors (Lipinski definition) is 7. The van der Waals surface area contributed by atoms with Gasteiger partial charge >= 0.3 is 6.36 Å². The lowest BCUT2D eigenvalue weighted by molar-refractivity contribution is -0.274. The van der Waals surface area contributed by atoms with E-state index in [9.17, 15) is 27.9 Å². The summed E-state index contributed by atoms with van der Waals surface area (Å²) in [6.45, 7) is 0.140. The second-order valence-electron chi connectivity index (χ2n) is 7.29. The fourth-order valence-electron chi connectivity index (χ4n) is 3.25. The first-order valence-corrected chi connectivity index (χ1v) is 9.67. The third-order valence-corrected chi connectivity index (χ3v) is 4.84. The zero-order chi connectivity index (χ0) is 23.8. The van der Waals surface area contributed by atoms with E-state index in [1.807, 2.05) is 0 Å². The number of carbonyl (C=O) groups excluding carboxylic acids is 1. The Morgan fingerprint density at radius 1 is 1.27 bits per heavy atom. The van der Waals surface area contributed by atoms with Gasteiger partial charge in [0.05, 0.1) is 43.4 Å². The van der Waals surface area contributed by atoms with Crippen LogP contribution >= 0.6 is 0 Å². The van der Waals surface area contributed by atoms with Crippen LogP contribution in [0, 0.1) is 0 Å². The summed E-state index contributed by atoms with van der Waals surface area (Å²) in [5.74, 6) is -1.19. The Morgan fingerprint density at radius 2 is 2.00 bits per heavy atom. The van der Waals surface area contributed by atoms with Crippen molar-refractivity contribution in [2.75, 3.05) is 13.2 Å². The molecule has 4 rings (SSSR count). The molecule has 174 valence electrons. The number of aliphatic hydroxyl groups excluding tert-OH is 1. The number of ether oxygens (including phenoxy) is 2. The van der Waals surface area contributed by atoms with Crippen molar-refractivity contribution in [3.05, 3.63) is 58.6 Å². The average molecular weight is 465 g/mol. The smallest absolute Gasteiger partial charge is 0.406 e. The van der Waals surface area contributed by atoms with Crippen LogP contribution < -0.4 is 15.6 Å². The first-order chi connectivity index (χ1) is 15.6. The van der Waals surface area contributed by atoms with Crippen molar-refractivity contribution in [1.82, 2.24) is 24.9 Å². The molecule has 1 aliphatic rings. The molecule has 3 heterocycles. The zero-order valence-corrected chi connectivity index (χ0v) is 17.1. The summed E-state index contributed by atoms with van der Waals surface area (Å²) < 4.78 is 48.7. The highest BCUT2D eigenvalue weighted by Gasteiger charge is 2.31. The number of aryl methyl sites for hydroxylation is 1. The van der Waals surface area contributed by atoms with Gasteiger partial charge in [0.25, 0.3) is 11.5 Å². The molecule has 1 saturated heterocycles. The van der Waals surface area contributed by atoms with E-state index in [0.29, 0.717) is 5.56 Å². The van der Waals surface area contributed by atoms with Crippen LogP contribution in [0.15, 0.2) is 47.5 Å². The number of carbonyl (C=O) groups is 1. The largest absolute Gasteiger partial charge is 0.573 e. The molecule has 2 N–H and O–H groups in total. The number of nitrogens with zero attached hydrogens (tertiary/aromatic N) is 4. The quantitative estimate of drug-likeness (QED) is 0.577. The minimum Gasteiger partial charge on any atom is -0.406 e. The maximum absolute atomic E-state index is 13.0. The van der Waals surface area contributed by atoms with Gasteiger partial charge in [-0.3, -0.25) is 14.3 Å². The molecule has 13 heteroatoms. The average Bonchev–Trinajstić information content (AvgIpc) is 3.35. The van der Waals surface area contributed by atoms with Gasteiger partial charge in [-0.1, -0.05) is 0 Å². The second kappa shape index (κ2) is 8.67. The molecule has 1 aromatic carbocycles. The van der Waals surface area contributed by atoms with Gasteiger partial charge < -0.3 is 19.9 Å². The number of hydrogen-bond donors (Lipinski definition) is 2. The van der Waals surface area contributed by atoms with E-state index in [0.717, 1.165) is 16.8 Å². The molecule has 33 heavy (non-hydrogen) atoms. The number of benzene rings is 1. The summed E-state index contributed by atoms with van der Waals surface area (Å²) in [5.41, 5.74) is -0.265. The molecule has 0 radical (unpaired) electrons. The van der Waals surface area contributed by atoms with Crippen molar-refractivity contribution in [2.24, 2.45) is 7.05 Å². The highest BCUT2D eigenvalue weighted by atomic mass is 19.4. The predicted molar refractivity (Wildman–Crippen MR) is 107 cm³/mol. The topological polar surface area (TPSA) is 121 Å². The fourth-order valence-corrected chi connectivity index (χ4v) is 3.25. The summed E-state index contributed by atoms with van der Waals surface area (Å²) in [7, 11) is 1.63. The zero-order valence-electron chi connectivity index (χ0n) is 17.1. The van der Waals surface area contributed by atoms with Crippen LogP contribution in [0.2, 0.25) is 0 Å². The molecule has 1 aliphatic heterocycles. The second-order valence-corrected chi connectivity index (χ2v) is 7.29. The van der Waals surface area contributed by atoms with Gasteiger partial charge in [0.15, 0.2) is 0 Å². The van der Waals surface area contributed by atoms with Crippen molar-refractivity contribution < 1.29 is 32.5 Å². The Balaban J connectivity index is 1.74. The van der Waals surface area contributed by atoms with Crippen LogP contribution in [0.3, 0.4) is 0 Å². The van der Waals surface area contributed by atoms with Crippen LogP contribution in [-0.2, 0) is 11.8 Å². The number of aliphatic hydroxyl groups is 1. The minimum absolute atomic E-state index is 0.0544. The van der Waals surface area contributed by atoms with Crippen LogP contribution in [-0.4, -0.2) is 62.3 Å². The Morgan fingerprint density at radius 3 is 2.58 bits per heavy atom. The minimum atomic E-state index is -4.84. The van der Waals surface area contributed by atoms with Crippen molar-refractivity contribution in [3.63, 3.8) is 0 Å². The third-order valence-electron chi connectivity index (χ3n) is 4.84. The first kappa shape index (κ1) is 22.5. The summed E-state index contributed by atoms with van der Waals surface area (Å²) in [4.78, 5) is 25.9. The van der Waals surface area contributed by atoms with Gasteiger partial charge in [-0.05, 0) is 30.3 Å². The fraction of sp³-hybridized carbons (Fsp3) is 0.300. The van der Waals surface area contributed by atoms with Gasteiger partial charge in [0, 0.05) is 12.6 Å². The highest BCUT2D eigenvalue weighted by molar-refractivity contribution is 5.95. The van der Waals surface area contributed by atoms with Crippen LogP contribution in [0.5, 0.6) is 5.75 Å². The molecule has 2 atom stereocenters. The molecule has 0 bridgehead atoms. The monoisotopic (exact) mass is 465 g/mol. The normalized spacial score (nSPS) is 18.3. The Bertz CT molecular complexity index is 1220. The SMILES string of the molecule is Cn1cc(-n2nc(-c3ccc(OC(F)(F)F)cc3)cc(C(=O)N[C@H]3COC[C@@H]3O)c2=O)cn1. The predicted octanol–water partition coefficient (Wildman–Crippen LogP) is 1.02. The molecular formula is C20H18F3N5O5. The van der Waals surface area contributed by atoms with Gasteiger partial charge in [-0.2, -0.15) is 14.9 Å². The molecule has 0 unspecified atom stereocenters. The van der Waals surface area contributed by atoms with Gasteiger partial charge in [-0.25, -0.2) is 0 Å². The van der Waals surface area contributed by atoms with Crippen LogP contribution in [0.25, 0.3) is 16.9 Å². The lowest BCUT2D eigenvalue weighted by atomic mass is 10.1. The Kier molecular flexibility index (Phi) is 5.91. The summed E-state index contributed by atoms with van der Waals surface area (Å²) in [5, 5.41) is 20.7. The van der Waals surface area contributed by atoms with Gasteiger partial charge in [0.2, 0.25) is 0 Å². The van der Waals surface area contributed by atoms with E-state index in [-0.39, 0.29) is 30.2 Å². The molecule has 10 nitrogen and oxygen atoms in total. The maximum atomic E-state index is 13.0. The molecule has 1 amide bonds. The van der Waals surface area contributed by atoms with Crippen LogP contribution in [0.4, 0.5) is 13.2 Å². The highest BCUT2D eigenvalue weighted by Crippen LogP contribution is 2.26. The van der Waals surface area contributed by atoms with E-state index in [1.54, 1.807) is 7.05 Å². The van der Waals surface area contributed by atoms with E-state index in [1.165, 1.54) is 35.3 Å². The molecule has 0 spiro atoms. The maximum Gasteiger partial charge on any atom is 0.573 e. The van der Waals surface area contributed by atoms with E-state index in [4.69, 9.17) is 4.74 Å². The Labute approximate surface area is 184 Å². The van der Waals surface area contributed by atoms with Crippen molar-refractivity contribution in [2.45, 2.75) is 18.5 Å². The van der Waals surface area contributed by atoms with Gasteiger partial charge in [0.1, 0.15) is 17.0 Å². The molecular weight excluding hydrogens is 447 g/mol. The lowest BCUT2D eigenvalue weighted by Crippen LogP contribution is -2.44. The number of aromatic nitrogens is 4. The van der Waals surface area contributed by atoms with Crippen molar-refractivity contribution in [3.8, 4) is 22.7 Å². The molecule has 0 saturated carbocycles. The van der Waals surface area contributed by atoms with E-state index in [2.05, 4.69) is 20.3 Å². The van der Waals surface area contributed by atoms with E-state index < -0.39 is 35.7 Å². The molecule has 3 aromatic rings.